The van der Waals surface area contributed by atoms with Gasteiger partial charge >= 0.3 is 0 Å². The second kappa shape index (κ2) is 5.52. The molecule has 0 spiro atoms. The number of hydrogen-bond acceptors (Lipinski definition) is 3. The summed E-state index contributed by atoms with van der Waals surface area (Å²) in [4.78, 5) is 29.0. The Balaban J connectivity index is 2.28. The zero-order chi connectivity index (χ0) is 14.0. The summed E-state index contributed by atoms with van der Waals surface area (Å²) >= 11 is 5.80. The van der Waals surface area contributed by atoms with Crippen LogP contribution in [-0.4, -0.2) is 41.3 Å². The Morgan fingerprint density at radius 2 is 2.32 bits per heavy atom. The molecule has 102 valence electrons. The van der Waals surface area contributed by atoms with Gasteiger partial charge in [-0.2, -0.15) is 0 Å². The van der Waals surface area contributed by atoms with Crippen molar-refractivity contribution < 1.29 is 14.0 Å². The van der Waals surface area contributed by atoms with Crippen molar-refractivity contribution in [1.82, 2.24) is 15.2 Å². The highest BCUT2D eigenvalue weighted by Crippen LogP contribution is 2.23. The highest BCUT2D eigenvalue weighted by molar-refractivity contribution is 6.32. The number of halogens is 2. The second-order valence-electron chi connectivity index (χ2n) is 4.26. The van der Waals surface area contributed by atoms with Gasteiger partial charge in [-0.05, 0) is 18.9 Å². The molecule has 1 aliphatic rings. The van der Waals surface area contributed by atoms with Gasteiger partial charge in [0.1, 0.15) is 17.0 Å². The molecule has 1 aromatic rings. The summed E-state index contributed by atoms with van der Waals surface area (Å²) in [6.45, 7) is 0.448. The molecule has 1 atom stereocenters. The van der Waals surface area contributed by atoms with E-state index in [1.165, 1.54) is 11.9 Å². The van der Waals surface area contributed by atoms with Crippen LogP contribution in [0.4, 0.5) is 4.39 Å². The topological polar surface area (TPSA) is 62.3 Å². The summed E-state index contributed by atoms with van der Waals surface area (Å²) in [6, 6.07) is 0.508. The first-order valence-electron chi connectivity index (χ1n) is 5.88. The van der Waals surface area contributed by atoms with E-state index in [1.807, 2.05) is 0 Å². The molecule has 0 radical (unpaired) electrons. The number of likely N-dealkylation sites (tertiary alicyclic amines) is 1. The van der Waals surface area contributed by atoms with Crippen LogP contribution in [0.2, 0.25) is 5.15 Å². The standard InChI is InChI=1S/C12H13ClFN3O2/c1-15-11(18)9-3-2-4-17(9)12(19)8-5-7(14)6-16-10(8)13/h5-6,9H,2-4H2,1H3,(H,15,18). The summed E-state index contributed by atoms with van der Waals surface area (Å²) in [5.41, 5.74) is -0.0162. The third-order valence-electron chi connectivity index (χ3n) is 3.10. The number of carbonyl (C=O) groups excluding carboxylic acids is 2. The summed E-state index contributed by atoms with van der Waals surface area (Å²) in [5, 5.41) is 2.45. The van der Waals surface area contributed by atoms with Crippen LogP contribution in [0.25, 0.3) is 0 Å². The Kier molecular flexibility index (Phi) is 3.99. The molecule has 1 fully saturated rings. The van der Waals surface area contributed by atoms with Crippen LogP contribution in [0.15, 0.2) is 12.3 Å². The fraction of sp³-hybridized carbons (Fsp3) is 0.417. The van der Waals surface area contributed by atoms with Gasteiger partial charge in [-0.25, -0.2) is 9.37 Å². The average molecular weight is 286 g/mol. The molecule has 1 aliphatic heterocycles. The van der Waals surface area contributed by atoms with Gasteiger partial charge in [-0.3, -0.25) is 9.59 Å². The van der Waals surface area contributed by atoms with Gasteiger partial charge < -0.3 is 10.2 Å². The highest BCUT2D eigenvalue weighted by atomic mass is 35.5. The van der Waals surface area contributed by atoms with Gasteiger partial charge in [0.25, 0.3) is 5.91 Å². The van der Waals surface area contributed by atoms with E-state index in [-0.39, 0.29) is 16.6 Å². The molecule has 7 heteroatoms. The molecular weight excluding hydrogens is 273 g/mol. The van der Waals surface area contributed by atoms with Crippen molar-refractivity contribution in [3.63, 3.8) is 0 Å². The van der Waals surface area contributed by atoms with Crippen molar-refractivity contribution in [2.45, 2.75) is 18.9 Å². The van der Waals surface area contributed by atoms with Crippen LogP contribution < -0.4 is 5.32 Å². The van der Waals surface area contributed by atoms with E-state index < -0.39 is 17.8 Å². The minimum atomic E-state index is -0.636. The predicted molar refractivity (Wildman–Crippen MR) is 67.3 cm³/mol. The van der Waals surface area contributed by atoms with E-state index in [2.05, 4.69) is 10.3 Å². The average Bonchev–Trinajstić information content (AvgIpc) is 2.89. The molecule has 0 aromatic carbocycles. The molecular formula is C12H13ClFN3O2. The number of rotatable bonds is 2. The molecule has 2 heterocycles. The predicted octanol–water partition coefficient (Wildman–Crippen LogP) is 1.22. The van der Waals surface area contributed by atoms with E-state index in [0.717, 1.165) is 18.7 Å². The van der Waals surface area contributed by atoms with E-state index in [1.54, 1.807) is 0 Å². The SMILES string of the molecule is CNC(=O)C1CCCN1C(=O)c1cc(F)cnc1Cl. The lowest BCUT2D eigenvalue weighted by atomic mass is 10.2. The third kappa shape index (κ3) is 2.68. The van der Waals surface area contributed by atoms with Crippen molar-refractivity contribution in [2.75, 3.05) is 13.6 Å². The van der Waals surface area contributed by atoms with Crippen LogP contribution in [0.1, 0.15) is 23.2 Å². The van der Waals surface area contributed by atoms with Crippen LogP contribution >= 0.6 is 11.6 Å². The van der Waals surface area contributed by atoms with Crippen LogP contribution in [0.5, 0.6) is 0 Å². The van der Waals surface area contributed by atoms with Crippen molar-refractivity contribution in [3.8, 4) is 0 Å². The summed E-state index contributed by atoms with van der Waals surface area (Å²) < 4.78 is 13.1. The fourth-order valence-corrected chi connectivity index (χ4v) is 2.36. The minimum absolute atomic E-state index is 0.0162. The number of nitrogens with zero attached hydrogens (tertiary/aromatic N) is 2. The largest absolute Gasteiger partial charge is 0.357 e. The van der Waals surface area contributed by atoms with Crippen LogP contribution in [0.3, 0.4) is 0 Å². The highest BCUT2D eigenvalue weighted by Gasteiger charge is 2.34. The third-order valence-corrected chi connectivity index (χ3v) is 3.40. The summed E-state index contributed by atoms with van der Waals surface area (Å²) in [7, 11) is 1.51. The zero-order valence-electron chi connectivity index (χ0n) is 10.3. The van der Waals surface area contributed by atoms with Gasteiger partial charge in [0, 0.05) is 13.6 Å². The van der Waals surface area contributed by atoms with Crippen molar-refractivity contribution in [2.24, 2.45) is 0 Å². The van der Waals surface area contributed by atoms with Gasteiger partial charge in [-0.15, -0.1) is 0 Å². The number of nitrogens with one attached hydrogen (secondary N) is 1. The Morgan fingerprint density at radius 3 is 3.00 bits per heavy atom. The van der Waals surface area contributed by atoms with Crippen molar-refractivity contribution in [1.29, 1.82) is 0 Å². The van der Waals surface area contributed by atoms with Crippen LogP contribution in [0, 0.1) is 5.82 Å². The number of pyridine rings is 1. The maximum Gasteiger partial charge on any atom is 0.257 e. The van der Waals surface area contributed by atoms with E-state index in [9.17, 15) is 14.0 Å². The lowest BCUT2D eigenvalue weighted by molar-refractivity contribution is -0.124. The first-order valence-corrected chi connectivity index (χ1v) is 6.26. The van der Waals surface area contributed by atoms with E-state index in [4.69, 9.17) is 11.6 Å². The first kappa shape index (κ1) is 13.7. The number of amides is 2. The number of likely N-dealkylation sites (N-methyl/N-ethyl adjacent to an activating group) is 1. The molecule has 2 amide bonds. The second-order valence-corrected chi connectivity index (χ2v) is 4.62. The molecule has 0 bridgehead atoms. The summed E-state index contributed by atoms with van der Waals surface area (Å²) in [5.74, 6) is -1.34. The Morgan fingerprint density at radius 1 is 1.58 bits per heavy atom. The van der Waals surface area contributed by atoms with Gasteiger partial charge in [0.15, 0.2) is 0 Å². The number of hydrogen-bond donors (Lipinski definition) is 1. The summed E-state index contributed by atoms with van der Waals surface area (Å²) in [6.07, 6.45) is 2.26. The fourth-order valence-electron chi connectivity index (χ4n) is 2.18. The quantitative estimate of drug-likeness (QED) is 0.831. The first-order chi connectivity index (χ1) is 9.04. The van der Waals surface area contributed by atoms with Crippen LogP contribution in [-0.2, 0) is 4.79 Å². The molecule has 2 rings (SSSR count). The molecule has 0 aliphatic carbocycles. The molecule has 1 N–H and O–H groups in total. The normalized spacial score (nSPS) is 18.5. The van der Waals surface area contributed by atoms with Gasteiger partial charge in [0.05, 0.1) is 11.8 Å². The Labute approximate surface area is 114 Å². The lowest BCUT2D eigenvalue weighted by Gasteiger charge is -2.23. The van der Waals surface area contributed by atoms with Crippen molar-refractivity contribution >= 4 is 23.4 Å². The van der Waals surface area contributed by atoms with Crippen molar-refractivity contribution in [3.05, 3.63) is 28.8 Å². The number of aromatic nitrogens is 1. The smallest absolute Gasteiger partial charge is 0.257 e. The molecule has 19 heavy (non-hydrogen) atoms. The Bertz CT molecular complexity index is 524. The molecule has 1 aromatic heterocycles. The monoisotopic (exact) mass is 285 g/mol. The lowest BCUT2D eigenvalue weighted by Crippen LogP contribution is -2.45. The maximum absolute atomic E-state index is 13.1. The van der Waals surface area contributed by atoms with E-state index >= 15 is 0 Å². The van der Waals surface area contributed by atoms with E-state index in [0.29, 0.717) is 13.0 Å². The van der Waals surface area contributed by atoms with Gasteiger partial charge in [0.2, 0.25) is 5.91 Å². The molecule has 5 nitrogen and oxygen atoms in total. The number of carbonyl (C=O) groups is 2. The molecule has 1 saturated heterocycles. The molecule has 1 unspecified atom stereocenters. The maximum atomic E-state index is 13.1. The Hall–Kier alpha value is -1.69. The molecule has 0 saturated carbocycles. The zero-order valence-corrected chi connectivity index (χ0v) is 11.1. The minimum Gasteiger partial charge on any atom is -0.357 e. The van der Waals surface area contributed by atoms with Gasteiger partial charge in [-0.1, -0.05) is 11.6 Å².